The summed E-state index contributed by atoms with van der Waals surface area (Å²) >= 11 is 0. The summed E-state index contributed by atoms with van der Waals surface area (Å²) < 4.78 is 28.1. The zero-order chi connectivity index (χ0) is 14.9. The van der Waals surface area contributed by atoms with Crippen molar-refractivity contribution in [1.29, 1.82) is 0 Å². The average molecular weight is 294 g/mol. The molecule has 0 saturated carbocycles. The summed E-state index contributed by atoms with van der Waals surface area (Å²) in [4.78, 5) is 2.05. The predicted molar refractivity (Wildman–Crippen MR) is 80.5 cm³/mol. The van der Waals surface area contributed by atoms with E-state index in [0.29, 0.717) is 6.54 Å². The van der Waals surface area contributed by atoms with Crippen LogP contribution in [0, 0.1) is 0 Å². The Bertz CT molecular complexity index is 320. The van der Waals surface area contributed by atoms with E-state index in [4.69, 9.17) is 0 Å². The van der Waals surface area contributed by atoms with Gasteiger partial charge in [-0.1, -0.05) is 6.92 Å². The van der Waals surface area contributed by atoms with Gasteiger partial charge < -0.3 is 10.2 Å². The summed E-state index contributed by atoms with van der Waals surface area (Å²) in [5.74, 6) is 0. The number of hydrogen-bond acceptors (Lipinski definition) is 4. The first-order valence-corrected chi connectivity index (χ1v) is 8.32. The number of nitrogens with one attached hydrogen (secondary N) is 2. The molecule has 0 saturated heterocycles. The Kier molecular flexibility index (Phi) is 9.55. The molecule has 0 aromatic carbocycles. The lowest BCUT2D eigenvalue weighted by Gasteiger charge is -2.22. The predicted octanol–water partition coefficient (Wildman–Crippen LogP) is 0.0924. The molecule has 7 heteroatoms. The Labute approximate surface area is 118 Å². The third-order valence-corrected chi connectivity index (χ3v) is 4.55. The first-order chi connectivity index (χ1) is 8.79. The van der Waals surface area contributed by atoms with Gasteiger partial charge in [-0.15, -0.1) is 0 Å². The van der Waals surface area contributed by atoms with Crippen molar-refractivity contribution in [3.05, 3.63) is 0 Å². The van der Waals surface area contributed by atoms with Gasteiger partial charge in [0, 0.05) is 19.6 Å². The quantitative estimate of drug-likeness (QED) is 0.530. The molecule has 6 nitrogen and oxygen atoms in total. The van der Waals surface area contributed by atoms with Crippen LogP contribution in [0.3, 0.4) is 0 Å². The molecule has 0 amide bonds. The fourth-order valence-corrected chi connectivity index (χ4v) is 2.75. The second-order valence-electron chi connectivity index (χ2n) is 5.14. The van der Waals surface area contributed by atoms with Crippen LogP contribution in [-0.2, 0) is 10.2 Å². The van der Waals surface area contributed by atoms with Crippen LogP contribution < -0.4 is 10.0 Å². The lowest BCUT2D eigenvalue weighted by molar-refractivity contribution is 0.373. The standard InChI is InChI=1S/C12H30N4O2S/c1-6-13-9-7-10-16(5)19(17,18)14-12(2)8-11-15(3)4/h12-14H,6-11H2,1-5H3. The molecule has 0 radical (unpaired) electrons. The molecular weight excluding hydrogens is 264 g/mol. The Morgan fingerprint density at radius 3 is 2.32 bits per heavy atom. The van der Waals surface area contributed by atoms with Crippen molar-refractivity contribution in [3.63, 3.8) is 0 Å². The summed E-state index contributed by atoms with van der Waals surface area (Å²) in [5, 5.41) is 3.18. The molecule has 0 aromatic rings. The third-order valence-electron chi connectivity index (χ3n) is 2.85. The van der Waals surface area contributed by atoms with Crippen LogP contribution >= 0.6 is 0 Å². The smallest absolute Gasteiger partial charge is 0.279 e. The van der Waals surface area contributed by atoms with Gasteiger partial charge in [0.2, 0.25) is 0 Å². The Hall–Kier alpha value is -0.210. The van der Waals surface area contributed by atoms with E-state index in [1.165, 1.54) is 4.31 Å². The van der Waals surface area contributed by atoms with E-state index in [1.54, 1.807) is 7.05 Å². The highest BCUT2D eigenvalue weighted by molar-refractivity contribution is 7.87. The van der Waals surface area contributed by atoms with Crippen LogP contribution in [0.25, 0.3) is 0 Å². The van der Waals surface area contributed by atoms with Crippen molar-refractivity contribution in [2.75, 3.05) is 47.3 Å². The van der Waals surface area contributed by atoms with Gasteiger partial charge in [0.05, 0.1) is 0 Å². The molecule has 19 heavy (non-hydrogen) atoms. The summed E-state index contributed by atoms with van der Waals surface area (Å²) in [6.45, 7) is 7.08. The summed E-state index contributed by atoms with van der Waals surface area (Å²) in [6.07, 6.45) is 1.62. The molecule has 0 spiro atoms. The minimum Gasteiger partial charge on any atom is -0.317 e. The van der Waals surface area contributed by atoms with Crippen molar-refractivity contribution in [2.45, 2.75) is 32.7 Å². The number of nitrogens with zero attached hydrogens (tertiary/aromatic N) is 2. The minimum atomic E-state index is -3.36. The Balaban J connectivity index is 4.07. The zero-order valence-corrected chi connectivity index (χ0v) is 13.8. The molecule has 0 aliphatic rings. The molecule has 0 aromatic heterocycles. The van der Waals surface area contributed by atoms with E-state index in [2.05, 4.69) is 10.0 Å². The molecule has 0 fully saturated rings. The normalized spacial score (nSPS) is 14.3. The molecule has 0 aliphatic carbocycles. The molecule has 1 atom stereocenters. The first kappa shape index (κ1) is 18.8. The maximum Gasteiger partial charge on any atom is 0.279 e. The van der Waals surface area contributed by atoms with Gasteiger partial charge >= 0.3 is 0 Å². The fraction of sp³-hybridized carbons (Fsp3) is 1.00. The molecule has 0 aliphatic heterocycles. The highest BCUT2D eigenvalue weighted by atomic mass is 32.2. The van der Waals surface area contributed by atoms with E-state index < -0.39 is 10.2 Å². The average Bonchev–Trinajstić information content (AvgIpc) is 2.31. The van der Waals surface area contributed by atoms with Crippen LogP contribution in [0.15, 0.2) is 0 Å². The highest BCUT2D eigenvalue weighted by Crippen LogP contribution is 2.00. The lowest BCUT2D eigenvalue weighted by Crippen LogP contribution is -2.44. The van der Waals surface area contributed by atoms with E-state index in [1.807, 2.05) is 32.8 Å². The van der Waals surface area contributed by atoms with Gasteiger partial charge in [-0.05, 0) is 53.5 Å². The minimum absolute atomic E-state index is 0.0522. The largest absolute Gasteiger partial charge is 0.317 e. The van der Waals surface area contributed by atoms with Gasteiger partial charge in [0.25, 0.3) is 10.2 Å². The Morgan fingerprint density at radius 2 is 1.79 bits per heavy atom. The van der Waals surface area contributed by atoms with Crippen molar-refractivity contribution < 1.29 is 8.42 Å². The maximum atomic E-state index is 12.0. The molecule has 1 unspecified atom stereocenters. The number of rotatable bonds is 11. The van der Waals surface area contributed by atoms with Crippen molar-refractivity contribution in [1.82, 2.24) is 19.2 Å². The lowest BCUT2D eigenvalue weighted by atomic mass is 10.2. The molecular formula is C12H30N4O2S. The molecule has 116 valence electrons. The second-order valence-corrected chi connectivity index (χ2v) is 6.95. The summed E-state index contributed by atoms with van der Waals surface area (Å²) in [5.41, 5.74) is 0. The van der Waals surface area contributed by atoms with E-state index in [-0.39, 0.29) is 6.04 Å². The van der Waals surface area contributed by atoms with Crippen molar-refractivity contribution in [3.8, 4) is 0 Å². The van der Waals surface area contributed by atoms with E-state index in [9.17, 15) is 8.42 Å². The topological polar surface area (TPSA) is 64.7 Å². The van der Waals surface area contributed by atoms with Gasteiger partial charge in [0.15, 0.2) is 0 Å². The van der Waals surface area contributed by atoms with E-state index in [0.717, 1.165) is 32.5 Å². The monoisotopic (exact) mass is 294 g/mol. The van der Waals surface area contributed by atoms with Crippen LogP contribution in [0.2, 0.25) is 0 Å². The first-order valence-electron chi connectivity index (χ1n) is 6.88. The molecule has 2 N–H and O–H groups in total. The number of hydrogen-bond donors (Lipinski definition) is 2. The van der Waals surface area contributed by atoms with Gasteiger partial charge in [0.1, 0.15) is 0 Å². The van der Waals surface area contributed by atoms with Crippen LogP contribution in [0.1, 0.15) is 26.7 Å². The fourth-order valence-electron chi connectivity index (χ4n) is 1.58. The zero-order valence-electron chi connectivity index (χ0n) is 12.9. The van der Waals surface area contributed by atoms with Crippen LogP contribution in [0.4, 0.5) is 0 Å². The SMILES string of the molecule is CCNCCCN(C)S(=O)(=O)NC(C)CCN(C)C. The van der Waals surface area contributed by atoms with Crippen molar-refractivity contribution in [2.24, 2.45) is 0 Å². The molecule has 0 heterocycles. The van der Waals surface area contributed by atoms with E-state index >= 15 is 0 Å². The second kappa shape index (κ2) is 9.66. The third kappa shape index (κ3) is 9.34. The van der Waals surface area contributed by atoms with Crippen LogP contribution in [0.5, 0.6) is 0 Å². The van der Waals surface area contributed by atoms with Gasteiger partial charge in [-0.2, -0.15) is 17.4 Å². The van der Waals surface area contributed by atoms with Gasteiger partial charge in [-0.25, -0.2) is 0 Å². The molecule has 0 rings (SSSR count). The van der Waals surface area contributed by atoms with Crippen LogP contribution in [-0.4, -0.2) is 71.0 Å². The summed E-state index contributed by atoms with van der Waals surface area (Å²) in [6, 6.07) is -0.0522. The molecule has 0 bridgehead atoms. The maximum absolute atomic E-state index is 12.0. The van der Waals surface area contributed by atoms with Gasteiger partial charge in [-0.3, -0.25) is 0 Å². The van der Waals surface area contributed by atoms with Crippen molar-refractivity contribution >= 4 is 10.2 Å². The summed E-state index contributed by atoms with van der Waals surface area (Å²) in [7, 11) is 2.22. The Morgan fingerprint density at radius 1 is 1.16 bits per heavy atom. The highest BCUT2D eigenvalue weighted by Gasteiger charge is 2.19.